The van der Waals surface area contributed by atoms with Crippen molar-refractivity contribution in [3.8, 4) is 0 Å². The molecule has 98 valence electrons. The van der Waals surface area contributed by atoms with Crippen LogP contribution in [-0.4, -0.2) is 29.1 Å². The molecule has 0 heterocycles. The zero-order chi connectivity index (χ0) is 13.8. The second-order valence-electron chi connectivity index (χ2n) is 4.32. The molecule has 0 aliphatic heterocycles. The average molecular weight is 250 g/mol. The molecule has 0 saturated carbocycles. The first-order valence-electron chi connectivity index (χ1n) is 5.86. The average Bonchev–Trinajstić information content (AvgIpc) is 2.30. The maximum Gasteiger partial charge on any atom is 0.338 e. The van der Waals surface area contributed by atoms with Gasteiger partial charge in [-0.2, -0.15) is 0 Å². The molecular weight excluding hydrogens is 232 g/mol. The van der Waals surface area contributed by atoms with Crippen molar-refractivity contribution in [1.82, 2.24) is 0 Å². The second kappa shape index (κ2) is 5.78. The number of ether oxygens (including phenoxy) is 1. The molecule has 0 radical (unpaired) electrons. The van der Waals surface area contributed by atoms with Crippen molar-refractivity contribution in [1.29, 1.82) is 0 Å². The Morgan fingerprint density at radius 3 is 2.33 bits per heavy atom. The molecule has 0 fully saturated rings. The van der Waals surface area contributed by atoms with Crippen LogP contribution in [0.4, 0.5) is 0 Å². The Hall–Kier alpha value is -1.68. The van der Waals surface area contributed by atoms with E-state index in [2.05, 4.69) is 0 Å². The Kier molecular flexibility index (Phi) is 4.62. The van der Waals surface area contributed by atoms with Gasteiger partial charge in [0, 0.05) is 0 Å². The first-order chi connectivity index (χ1) is 8.41. The molecule has 0 aliphatic carbocycles. The van der Waals surface area contributed by atoms with Gasteiger partial charge in [0.1, 0.15) is 5.78 Å². The molecular formula is C14H18O4. The number of rotatable bonds is 5. The topological polar surface area (TPSA) is 63.6 Å². The van der Waals surface area contributed by atoms with Crippen LogP contribution < -0.4 is 0 Å². The standard InChI is InChI=1S/C14H18O4/c1-4-18-13(16)14(3,17)12(10(2)15)11-8-6-5-7-9-11/h5-9,12,17H,4H2,1-3H3. The third kappa shape index (κ3) is 2.96. The van der Waals surface area contributed by atoms with Crippen LogP contribution in [0, 0.1) is 0 Å². The maximum absolute atomic E-state index is 11.8. The molecule has 0 aromatic heterocycles. The van der Waals surface area contributed by atoms with Crippen LogP contribution in [0.25, 0.3) is 0 Å². The van der Waals surface area contributed by atoms with Crippen molar-refractivity contribution in [2.24, 2.45) is 0 Å². The Morgan fingerprint density at radius 2 is 1.89 bits per heavy atom. The highest BCUT2D eigenvalue weighted by molar-refractivity contribution is 5.93. The summed E-state index contributed by atoms with van der Waals surface area (Å²) in [4.78, 5) is 23.5. The Morgan fingerprint density at radius 1 is 1.33 bits per heavy atom. The Bertz CT molecular complexity index is 423. The number of aliphatic hydroxyl groups is 1. The van der Waals surface area contributed by atoms with Gasteiger partial charge < -0.3 is 9.84 Å². The highest BCUT2D eigenvalue weighted by Gasteiger charge is 2.44. The lowest BCUT2D eigenvalue weighted by atomic mass is 9.81. The number of carbonyl (C=O) groups is 2. The number of hydrogen-bond donors (Lipinski definition) is 1. The molecule has 2 unspecified atom stereocenters. The first-order valence-corrected chi connectivity index (χ1v) is 5.86. The van der Waals surface area contributed by atoms with E-state index in [-0.39, 0.29) is 12.4 Å². The fraction of sp³-hybridized carbons (Fsp3) is 0.429. The van der Waals surface area contributed by atoms with Crippen LogP contribution in [0.2, 0.25) is 0 Å². The van der Waals surface area contributed by atoms with Crippen molar-refractivity contribution < 1.29 is 19.4 Å². The summed E-state index contributed by atoms with van der Waals surface area (Å²) in [6.07, 6.45) is 0. The smallest absolute Gasteiger partial charge is 0.338 e. The fourth-order valence-electron chi connectivity index (χ4n) is 2.00. The normalized spacial score (nSPS) is 15.6. The van der Waals surface area contributed by atoms with E-state index >= 15 is 0 Å². The maximum atomic E-state index is 11.8. The monoisotopic (exact) mass is 250 g/mol. The van der Waals surface area contributed by atoms with E-state index in [1.807, 2.05) is 0 Å². The largest absolute Gasteiger partial charge is 0.464 e. The van der Waals surface area contributed by atoms with Crippen molar-refractivity contribution in [2.75, 3.05) is 6.61 Å². The molecule has 0 bridgehead atoms. The van der Waals surface area contributed by atoms with E-state index < -0.39 is 17.5 Å². The van der Waals surface area contributed by atoms with Crippen LogP contribution in [0.15, 0.2) is 30.3 Å². The third-order valence-electron chi connectivity index (χ3n) is 2.79. The van der Waals surface area contributed by atoms with Crippen LogP contribution in [0.1, 0.15) is 32.3 Å². The van der Waals surface area contributed by atoms with Gasteiger partial charge >= 0.3 is 5.97 Å². The van der Waals surface area contributed by atoms with Crippen LogP contribution >= 0.6 is 0 Å². The lowest BCUT2D eigenvalue weighted by Crippen LogP contribution is -2.45. The summed E-state index contributed by atoms with van der Waals surface area (Å²) in [5.74, 6) is -1.98. The quantitative estimate of drug-likeness (QED) is 0.807. The van der Waals surface area contributed by atoms with E-state index in [1.54, 1.807) is 37.3 Å². The number of esters is 1. The molecule has 1 aromatic rings. The van der Waals surface area contributed by atoms with Crippen molar-refractivity contribution >= 4 is 11.8 Å². The fourth-order valence-corrected chi connectivity index (χ4v) is 2.00. The molecule has 0 aliphatic rings. The number of Topliss-reactive ketones (excluding diaryl/α,β-unsaturated/α-hetero) is 1. The highest BCUT2D eigenvalue weighted by atomic mass is 16.5. The van der Waals surface area contributed by atoms with Crippen molar-refractivity contribution in [2.45, 2.75) is 32.3 Å². The minimum atomic E-state index is -1.86. The van der Waals surface area contributed by atoms with Crippen molar-refractivity contribution in [3.05, 3.63) is 35.9 Å². The molecule has 4 heteroatoms. The summed E-state index contributed by atoms with van der Waals surface area (Å²) >= 11 is 0. The first kappa shape index (κ1) is 14.4. The predicted molar refractivity (Wildman–Crippen MR) is 67.1 cm³/mol. The molecule has 4 nitrogen and oxygen atoms in total. The number of ketones is 1. The van der Waals surface area contributed by atoms with E-state index in [4.69, 9.17) is 4.74 Å². The van der Waals surface area contributed by atoms with Gasteiger partial charge in [0.2, 0.25) is 0 Å². The predicted octanol–water partition coefficient (Wildman–Crippen LogP) is 1.67. The lowest BCUT2D eigenvalue weighted by Gasteiger charge is -2.29. The molecule has 2 atom stereocenters. The summed E-state index contributed by atoms with van der Waals surface area (Å²) in [7, 11) is 0. The number of hydrogen-bond acceptors (Lipinski definition) is 4. The van der Waals surface area contributed by atoms with Gasteiger partial charge in [0.15, 0.2) is 5.60 Å². The van der Waals surface area contributed by atoms with Gasteiger partial charge in [-0.3, -0.25) is 4.79 Å². The number of carbonyl (C=O) groups excluding carboxylic acids is 2. The van der Waals surface area contributed by atoms with Crippen LogP contribution in [-0.2, 0) is 14.3 Å². The molecule has 1 rings (SSSR count). The summed E-state index contributed by atoms with van der Waals surface area (Å²) in [6, 6.07) is 8.73. The van der Waals surface area contributed by atoms with Crippen molar-refractivity contribution in [3.63, 3.8) is 0 Å². The summed E-state index contributed by atoms with van der Waals surface area (Å²) in [5, 5.41) is 10.3. The minimum absolute atomic E-state index is 0.161. The third-order valence-corrected chi connectivity index (χ3v) is 2.79. The van der Waals surface area contributed by atoms with Crippen LogP contribution in [0.5, 0.6) is 0 Å². The molecule has 0 spiro atoms. The van der Waals surface area contributed by atoms with E-state index in [0.29, 0.717) is 5.56 Å². The molecule has 18 heavy (non-hydrogen) atoms. The summed E-state index contributed by atoms with van der Waals surface area (Å²) < 4.78 is 4.82. The zero-order valence-corrected chi connectivity index (χ0v) is 10.8. The Labute approximate surface area is 107 Å². The summed E-state index contributed by atoms with van der Waals surface area (Å²) in [5.41, 5.74) is -1.26. The SMILES string of the molecule is CCOC(=O)C(C)(O)C(C(C)=O)c1ccccc1. The van der Waals surface area contributed by atoms with Gasteiger partial charge in [-0.15, -0.1) is 0 Å². The lowest BCUT2D eigenvalue weighted by molar-refractivity contribution is -0.167. The van der Waals surface area contributed by atoms with Gasteiger partial charge in [-0.05, 0) is 26.3 Å². The summed E-state index contributed by atoms with van der Waals surface area (Å²) in [6.45, 7) is 4.48. The van der Waals surface area contributed by atoms with Gasteiger partial charge in [-0.1, -0.05) is 30.3 Å². The van der Waals surface area contributed by atoms with Gasteiger partial charge in [0.25, 0.3) is 0 Å². The molecule has 1 aromatic carbocycles. The van der Waals surface area contributed by atoms with Gasteiger partial charge in [0.05, 0.1) is 12.5 Å². The Balaban J connectivity index is 3.13. The van der Waals surface area contributed by atoms with Crippen LogP contribution in [0.3, 0.4) is 0 Å². The second-order valence-corrected chi connectivity index (χ2v) is 4.32. The molecule has 0 amide bonds. The zero-order valence-electron chi connectivity index (χ0n) is 10.8. The van der Waals surface area contributed by atoms with Gasteiger partial charge in [-0.25, -0.2) is 4.79 Å². The molecule has 0 saturated heterocycles. The highest BCUT2D eigenvalue weighted by Crippen LogP contribution is 2.30. The molecule has 1 N–H and O–H groups in total. The van der Waals surface area contributed by atoms with E-state index in [0.717, 1.165) is 0 Å². The van der Waals surface area contributed by atoms with E-state index in [1.165, 1.54) is 13.8 Å². The van der Waals surface area contributed by atoms with E-state index in [9.17, 15) is 14.7 Å². The number of benzene rings is 1. The minimum Gasteiger partial charge on any atom is -0.464 e.